The molecular weight excluding hydrogens is 412 g/mol. The average Bonchev–Trinajstić information content (AvgIpc) is 2.82. The Kier molecular flexibility index (Phi) is 6.92. The van der Waals surface area contributed by atoms with Gasteiger partial charge in [0.15, 0.2) is 5.82 Å². The molecule has 1 saturated heterocycles. The van der Waals surface area contributed by atoms with Crippen LogP contribution in [0.2, 0.25) is 0 Å². The Bertz CT molecular complexity index is 1110. The minimum absolute atomic E-state index is 0.0378. The highest BCUT2D eigenvalue weighted by Crippen LogP contribution is 2.31. The number of carbonyl (C=O) groups is 1. The summed E-state index contributed by atoms with van der Waals surface area (Å²) in [4.78, 5) is 24.2. The molecule has 2 atom stereocenters. The van der Waals surface area contributed by atoms with Gasteiger partial charge in [-0.2, -0.15) is 0 Å². The standard InChI is InChI=1S/C27H32N4O2/c1-18-7-11-24(12-8-18)33-27-25(28-13-14-29-27)31-15-5-6-23(17-31)26(32)30-21(4)22-10-9-19(2)20(3)16-22/h7-14,16,21,23H,5-6,15,17H2,1-4H3,(H,30,32)/t21-,23+/m0/s1. The highest BCUT2D eigenvalue weighted by atomic mass is 16.5. The van der Waals surface area contributed by atoms with Crippen molar-refractivity contribution < 1.29 is 9.53 Å². The predicted octanol–water partition coefficient (Wildman–Crippen LogP) is 5.29. The molecular formula is C27H32N4O2. The summed E-state index contributed by atoms with van der Waals surface area (Å²) in [6, 6.07) is 14.2. The van der Waals surface area contributed by atoms with Crippen molar-refractivity contribution in [1.82, 2.24) is 15.3 Å². The minimum atomic E-state index is -0.109. The van der Waals surface area contributed by atoms with E-state index in [4.69, 9.17) is 4.74 Å². The summed E-state index contributed by atoms with van der Waals surface area (Å²) >= 11 is 0. The lowest BCUT2D eigenvalue weighted by Gasteiger charge is -2.33. The number of anilines is 1. The molecule has 0 spiro atoms. The molecule has 172 valence electrons. The van der Waals surface area contributed by atoms with E-state index in [0.717, 1.165) is 30.7 Å². The first-order valence-electron chi connectivity index (χ1n) is 11.6. The molecule has 0 radical (unpaired) electrons. The topological polar surface area (TPSA) is 67.4 Å². The van der Waals surface area contributed by atoms with Crippen LogP contribution in [0, 0.1) is 26.7 Å². The number of amides is 1. The summed E-state index contributed by atoms with van der Waals surface area (Å²) in [6.07, 6.45) is 5.07. The lowest BCUT2D eigenvalue weighted by molar-refractivity contribution is -0.125. The molecule has 6 nitrogen and oxygen atoms in total. The first-order valence-corrected chi connectivity index (χ1v) is 11.6. The molecule has 33 heavy (non-hydrogen) atoms. The molecule has 0 unspecified atom stereocenters. The maximum Gasteiger partial charge on any atom is 0.263 e. The van der Waals surface area contributed by atoms with Crippen LogP contribution in [-0.2, 0) is 4.79 Å². The number of aromatic nitrogens is 2. The number of nitrogens with zero attached hydrogens (tertiary/aromatic N) is 3. The fraction of sp³-hybridized carbons (Fsp3) is 0.370. The van der Waals surface area contributed by atoms with Crippen LogP contribution in [0.3, 0.4) is 0 Å². The highest BCUT2D eigenvalue weighted by Gasteiger charge is 2.29. The molecule has 2 heterocycles. The van der Waals surface area contributed by atoms with Gasteiger partial charge in [-0.05, 0) is 69.4 Å². The molecule has 1 fully saturated rings. The zero-order valence-corrected chi connectivity index (χ0v) is 19.8. The zero-order valence-electron chi connectivity index (χ0n) is 19.8. The van der Waals surface area contributed by atoms with Gasteiger partial charge in [-0.15, -0.1) is 0 Å². The van der Waals surface area contributed by atoms with Crippen molar-refractivity contribution in [2.45, 2.75) is 46.6 Å². The molecule has 4 rings (SSSR count). The lowest BCUT2D eigenvalue weighted by Crippen LogP contribution is -2.44. The first-order chi connectivity index (χ1) is 15.9. The van der Waals surface area contributed by atoms with Crippen LogP contribution in [0.25, 0.3) is 0 Å². The molecule has 3 aromatic rings. The van der Waals surface area contributed by atoms with E-state index in [2.05, 4.69) is 52.2 Å². The van der Waals surface area contributed by atoms with Crippen LogP contribution in [0.5, 0.6) is 11.6 Å². The van der Waals surface area contributed by atoms with Gasteiger partial charge in [-0.3, -0.25) is 4.79 Å². The molecule has 1 aliphatic heterocycles. The lowest BCUT2D eigenvalue weighted by atomic mass is 9.96. The van der Waals surface area contributed by atoms with Crippen LogP contribution in [0.4, 0.5) is 5.82 Å². The van der Waals surface area contributed by atoms with Crippen molar-refractivity contribution in [2.75, 3.05) is 18.0 Å². The van der Waals surface area contributed by atoms with E-state index in [1.54, 1.807) is 12.4 Å². The third kappa shape index (κ3) is 5.51. The maximum absolute atomic E-state index is 13.1. The molecule has 1 aliphatic rings. The van der Waals surface area contributed by atoms with Crippen molar-refractivity contribution in [3.8, 4) is 11.6 Å². The summed E-state index contributed by atoms with van der Waals surface area (Å²) < 4.78 is 6.04. The van der Waals surface area contributed by atoms with Gasteiger partial charge >= 0.3 is 0 Å². The molecule has 1 N–H and O–H groups in total. The molecule has 0 bridgehead atoms. The Morgan fingerprint density at radius 1 is 1.06 bits per heavy atom. The Morgan fingerprint density at radius 2 is 1.82 bits per heavy atom. The molecule has 1 amide bonds. The number of aryl methyl sites for hydroxylation is 3. The van der Waals surface area contributed by atoms with Gasteiger partial charge in [0.25, 0.3) is 5.88 Å². The van der Waals surface area contributed by atoms with E-state index in [0.29, 0.717) is 18.2 Å². The smallest absolute Gasteiger partial charge is 0.263 e. The number of nitrogens with one attached hydrogen (secondary N) is 1. The Labute approximate surface area is 196 Å². The van der Waals surface area contributed by atoms with Crippen molar-refractivity contribution in [2.24, 2.45) is 5.92 Å². The van der Waals surface area contributed by atoms with Gasteiger partial charge < -0.3 is 15.0 Å². The maximum atomic E-state index is 13.1. The van der Waals surface area contributed by atoms with Crippen LogP contribution in [0.15, 0.2) is 54.9 Å². The fourth-order valence-electron chi connectivity index (χ4n) is 4.16. The van der Waals surface area contributed by atoms with Crippen LogP contribution >= 0.6 is 0 Å². The summed E-state index contributed by atoms with van der Waals surface area (Å²) in [5.41, 5.74) is 4.79. The third-order valence-corrected chi connectivity index (χ3v) is 6.36. The van der Waals surface area contributed by atoms with Gasteiger partial charge in [0.1, 0.15) is 5.75 Å². The average molecular weight is 445 g/mol. The van der Waals surface area contributed by atoms with Gasteiger partial charge in [0, 0.05) is 25.5 Å². The van der Waals surface area contributed by atoms with Gasteiger partial charge in [0.2, 0.25) is 5.91 Å². The molecule has 6 heteroatoms. The molecule has 2 aromatic carbocycles. The van der Waals surface area contributed by atoms with Crippen LogP contribution < -0.4 is 15.0 Å². The van der Waals surface area contributed by atoms with E-state index >= 15 is 0 Å². The second-order valence-electron chi connectivity index (χ2n) is 8.96. The van der Waals surface area contributed by atoms with E-state index in [9.17, 15) is 4.79 Å². The summed E-state index contributed by atoms with van der Waals surface area (Å²) in [6.45, 7) is 9.69. The Hall–Kier alpha value is -3.41. The zero-order chi connectivity index (χ0) is 23.4. The van der Waals surface area contributed by atoms with Crippen LogP contribution in [0.1, 0.15) is 48.1 Å². The van der Waals surface area contributed by atoms with Crippen molar-refractivity contribution in [3.63, 3.8) is 0 Å². The normalized spacial score (nSPS) is 16.8. The van der Waals surface area contributed by atoms with Gasteiger partial charge in [0.05, 0.1) is 12.0 Å². The minimum Gasteiger partial charge on any atom is -0.436 e. The van der Waals surface area contributed by atoms with Crippen molar-refractivity contribution >= 4 is 11.7 Å². The molecule has 1 aromatic heterocycles. The van der Waals surface area contributed by atoms with Crippen molar-refractivity contribution in [1.29, 1.82) is 0 Å². The van der Waals surface area contributed by atoms with E-state index in [-0.39, 0.29) is 17.9 Å². The Morgan fingerprint density at radius 3 is 2.58 bits per heavy atom. The van der Waals surface area contributed by atoms with E-state index in [1.807, 2.05) is 38.1 Å². The van der Waals surface area contributed by atoms with Gasteiger partial charge in [-0.25, -0.2) is 9.97 Å². The second-order valence-corrected chi connectivity index (χ2v) is 8.96. The van der Waals surface area contributed by atoms with Gasteiger partial charge in [-0.1, -0.05) is 35.9 Å². The third-order valence-electron chi connectivity index (χ3n) is 6.36. The molecule has 0 saturated carbocycles. The number of ether oxygens (including phenoxy) is 1. The number of piperidine rings is 1. The van der Waals surface area contributed by atoms with E-state index in [1.165, 1.54) is 16.7 Å². The summed E-state index contributed by atoms with van der Waals surface area (Å²) in [5, 5.41) is 3.21. The number of hydrogen-bond acceptors (Lipinski definition) is 5. The largest absolute Gasteiger partial charge is 0.436 e. The highest BCUT2D eigenvalue weighted by molar-refractivity contribution is 5.80. The quantitative estimate of drug-likeness (QED) is 0.560. The predicted molar refractivity (Wildman–Crippen MR) is 131 cm³/mol. The first kappa shape index (κ1) is 22.8. The second kappa shape index (κ2) is 10.0. The SMILES string of the molecule is Cc1ccc(Oc2nccnc2N2CCC[C@@H](C(=O)N[C@@H](C)c3ccc(C)c(C)c3)C2)cc1. The Balaban J connectivity index is 1.44. The number of benzene rings is 2. The van der Waals surface area contributed by atoms with Crippen LogP contribution in [-0.4, -0.2) is 29.0 Å². The van der Waals surface area contributed by atoms with Crippen molar-refractivity contribution in [3.05, 3.63) is 77.1 Å². The number of carbonyl (C=O) groups excluding carboxylic acids is 1. The fourth-order valence-corrected chi connectivity index (χ4v) is 4.16. The monoisotopic (exact) mass is 444 g/mol. The summed E-state index contributed by atoms with van der Waals surface area (Å²) in [5.74, 6) is 1.83. The number of rotatable bonds is 6. The summed E-state index contributed by atoms with van der Waals surface area (Å²) in [7, 11) is 0. The molecule has 0 aliphatic carbocycles. The number of hydrogen-bond donors (Lipinski definition) is 1. The van der Waals surface area contributed by atoms with E-state index < -0.39 is 0 Å².